The van der Waals surface area contributed by atoms with Crippen LogP contribution < -0.4 is 0 Å². The van der Waals surface area contributed by atoms with Gasteiger partial charge in [-0.2, -0.15) is 0 Å². The van der Waals surface area contributed by atoms with E-state index in [-0.39, 0.29) is 0 Å². The number of hydrogen-bond acceptors (Lipinski definition) is 6. The molecule has 0 aromatic rings. The zero-order valence-electron chi connectivity index (χ0n) is 6.43. The molecule has 0 aliphatic carbocycles. The van der Waals surface area contributed by atoms with Gasteiger partial charge in [0.2, 0.25) is 0 Å². The van der Waals surface area contributed by atoms with Gasteiger partial charge in [-0.1, -0.05) is 0 Å². The first-order valence-electron chi connectivity index (χ1n) is 3.09. The molecule has 0 unspecified atom stereocenters. The molecular weight excluding hydrogens is 184 g/mol. The van der Waals surface area contributed by atoms with Crippen molar-refractivity contribution in [2.24, 2.45) is 5.41 Å². The largest absolute Gasteiger partial charge is 0.549 e. The molecule has 0 aliphatic rings. The average molecular weight is 196 g/mol. The average Bonchev–Trinajstić information content (AvgIpc) is 2.11. The molecule has 0 aromatic heterocycles. The summed E-state index contributed by atoms with van der Waals surface area (Å²) < 4.78 is 16.8. The lowest BCUT2D eigenvalue weighted by atomic mass is 9.93. The zero-order valence-corrected chi connectivity index (χ0v) is 7.43. The maximum Gasteiger partial charge on any atom is 0.549 e. The minimum Gasteiger partial charge on any atom is -0.396 e. The van der Waals surface area contributed by atoms with E-state index in [0.717, 1.165) is 0 Å². The molecular formula is C5H12O6Si. The van der Waals surface area contributed by atoms with Gasteiger partial charge in [-0.15, -0.1) is 0 Å². The van der Waals surface area contributed by atoms with Gasteiger partial charge in [-0.3, -0.25) is 8.92 Å². The Morgan fingerprint density at radius 2 is 1.00 bits per heavy atom. The summed E-state index contributed by atoms with van der Waals surface area (Å²) in [4.78, 5) is 0. The smallest absolute Gasteiger partial charge is 0.396 e. The van der Waals surface area contributed by atoms with Crippen molar-refractivity contribution >= 4 is 9.29 Å². The Labute approximate surface area is 71.4 Å². The van der Waals surface area contributed by atoms with Crippen LogP contribution in [0.15, 0.2) is 0 Å². The van der Waals surface area contributed by atoms with Crippen molar-refractivity contribution in [2.75, 3.05) is 26.4 Å². The van der Waals surface area contributed by atoms with Gasteiger partial charge in [-0.25, -0.2) is 0 Å². The molecule has 0 aliphatic heterocycles. The normalized spacial score (nSPS) is 9.67. The van der Waals surface area contributed by atoms with Gasteiger partial charge >= 0.3 is 9.29 Å². The summed E-state index contributed by atoms with van der Waals surface area (Å²) in [6.45, 7) is -1.62. The van der Waals surface area contributed by atoms with Crippen LogP contribution in [-0.2, 0) is 8.92 Å². The molecule has 7 heteroatoms. The van der Waals surface area contributed by atoms with Crippen LogP contribution in [0.25, 0.3) is 0 Å². The van der Waals surface area contributed by atoms with Crippen LogP contribution in [0.5, 0.6) is 0 Å². The fraction of sp³-hybridized carbons (Fsp3) is 1.00. The maximum atomic E-state index is 8.50. The van der Waals surface area contributed by atoms with Crippen LogP contribution in [0.4, 0.5) is 0 Å². The van der Waals surface area contributed by atoms with Gasteiger partial charge in [-0.05, 0) is 0 Å². The summed E-state index contributed by atoms with van der Waals surface area (Å²) in [6.07, 6.45) is 0. The molecule has 0 spiro atoms. The topological polar surface area (TPSA) is 115 Å². The van der Waals surface area contributed by atoms with Gasteiger partial charge in [0.1, 0.15) is 0 Å². The van der Waals surface area contributed by atoms with Crippen molar-refractivity contribution in [3.05, 3.63) is 0 Å². The highest BCUT2D eigenvalue weighted by atomic mass is 28.2. The molecule has 72 valence electrons. The Bertz CT molecular complexity index is 110. The van der Waals surface area contributed by atoms with Gasteiger partial charge in [0.05, 0.1) is 31.8 Å². The predicted molar refractivity (Wildman–Crippen MR) is 37.9 cm³/mol. The molecule has 0 amide bonds. The summed E-state index contributed by atoms with van der Waals surface area (Å²) in [7, 11) is -1.42. The molecule has 4 N–H and O–H groups in total. The Morgan fingerprint density at radius 1 is 0.833 bits per heavy atom. The second-order valence-corrected chi connectivity index (χ2v) is 2.38. The summed E-state index contributed by atoms with van der Waals surface area (Å²) in [6, 6.07) is 0. The Hall–Kier alpha value is -0.343. The van der Waals surface area contributed by atoms with Crippen molar-refractivity contribution in [2.45, 2.75) is 0 Å². The van der Waals surface area contributed by atoms with Crippen molar-refractivity contribution in [1.82, 2.24) is 0 Å². The minimum absolute atomic E-state index is 0.406. The minimum atomic E-state index is -1.42. The van der Waals surface area contributed by atoms with E-state index in [4.69, 9.17) is 29.4 Å². The molecule has 0 rings (SSSR count). The van der Waals surface area contributed by atoms with E-state index in [1.807, 2.05) is 0 Å². The maximum absolute atomic E-state index is 8.50. The van der Waals surface area contributed by atoms with Crippen molar-refractivity contribution < 1.29 is 29.4 Å². The fourth-order valence-electron chi connectivity index (χ4n) is 0.300. The van der Waals surface area contributed by atoms with E-state index in [2.05, 4.69) is 0 Å². The molecule has 0 saturated heterocycles. The molecule has 0 aromatic carbocycles. The standard InChI is InChI=1S/C5H12O4.O2Si/c6-1-5(2-7,3-8)4-9;1-3-2/h6-9H,1-4H2;. The summed E-state index contributed by atoms with van der Waals surface area (Å²) in [5, 5.41) is 34.0. The highest BCUT2D eigenvalue weighted by Gasteiger charge is 2.26. The first-order chi connectivity index (χ1) is 5.66. The van der Waals surface area contributed by atoms with Crippen LogP contribution in [-0.4, -0.2) is 56.1 Å². The molecule has 0 radical (unpaired) electrons. The number of aliphatic hydroxyl groups excluding tert-OH is 4. The molecule has 0 fully saturated rings. The van der Waals surface area contributed by atoms with Crippen LogP contribution >= 0.6 is 0 Å². The second kappa shape index (κ2) is 8.75. The summed E-state index contributed by atoms with van der Waals surface area (Å²) in [5.41, 5.74) is -1.11. The Kier molecular flexibility index (Phi) is 10.4. The van der Waals surface area contributed by atoms with E-state index in [0.29, 0.717) is 0 Å². The first-order valence-corrected chi connectivity index (χ1v) is 3.90. The lowest BCUT2D eigenvalue weighted by Crippen LogP contribution is -2.37. The molecule has 6 nitrogen and oxygen atoms in total. The third-order valence-corrected chi connectivity index (χ3v) is 1.34. The van der Waals surface area contributed by atoms with E-state index in [1.54, 1.807) is 0 Å². The van der Waals surface area contributed by atoms with E-state index < -0.39 is 41.1 Å². The molecule has 12 heavy (non-hydrogen) atoms. The van der Waals surface area contributed by atoms with Crippen molar-refractivity contribution in [3.63, 3.8) is 0 Å². The summed E-state index contributed by atoms with van der Waals surface area (Å²) >= 11 is 0. The van der Waals surface area contributed by atoms with Crippen LogP contribution in [0.1, 0.15) is 0 Å². The zero-order chi connectivity index (χ0) is 10.0. The van der Waals surface area contributed by atoms with Gasteiger partial charge in [0, 0.05) is 0 Å². The molecule has 0 bridgehead atoms. The Balaban J connectivity index is 0. The number of hydrogen-bond donors (Lipinski definition) is 4. The quantitative estimate of drug-likeness (QED) is 0.364. The highest BCUT2D eigenvalue weighted by molar-refractivity contribution is 5.94. The third kappa shape index (κ3) is 5.33. The molecule has 0 heterocycles. The molecule has 0 saturated carbocycles. The monoisotopic (exact) mass is 196 g/mol. The number of aliphatic hydroxyl groups is 4. The lowest BCUT2D eigenvalue weighted by molar-refractivity contribution is -0.0328. The van der Waals surface area contributed by atoms with E-state index in [9.17, 15) is 0 Å². The third-order valence-electron chi connectivity index (χ3n) is 1.34. The SMILES string of the molecule is O=[Si]=O.OCC(CO)(CO)CO. The summed E-state index contributed by atoms with van der Waals surface area (Å²) in [5.74, 6) is 0. The van der Waals surface area contributed by atoms with E-state index >= 15 is 0 Å². The first kappa shape index (κ1) is 14.2. The number of rotatable bonds is 4. The lowest BCUT2D eigenvalue weighted by Gasteiger charge is -2.23. The predicted octanol–water partition coefficient (Wildman–Crippen LogP) is -2.68. The second-order valence-electron chi connectivity index (χ2n) is 2.22. The van der Waals surface area contributed by atoms with Crippen LogP contribution in [0.2, 0.25) is 0 Å². The molecule has 0 atom stereocenters. The van der Waals surface area contributed by atoms with Crippen LogP contribution in [0.3, 0.4) is 0 Å². The highest BCUT2D eigenvalue weighted by Crippen LogP contribution is 2.11. The van der Waals surface area contributed by atoms with Gasteiger partial charge in [0.25, 0.3) is 0 Å². The van der Waals surface area contributed by atoms with Gasteiger partial charge < -0.3 is 20.4 Å². The van der Waals surface area contributed by atoms with Crippen molar-refractivity contribution in [3.8, 4) is 0 Å². The Morgan fingerprint density at radius 3 is 1.00 bits per heavy atom. The van der Waals surface area contributed by atoms with Gasteiger partial charge in [0.15, 0.2) is 0 Å². The van der Waals surface area contributed by atoms with E-state index in [1.165, 1.54) is 0 Å². The fourth-order valence-corrected chi connectivity index (χ4v) is 0.300. The van der Waals surface area contributed by atoms with Crippen LogP contribution in [0, 0.1) is 5.41 Å². The van der Waals surface area contributed by atoms with Crippen molar-refractivity contribution in [1.29, 1.82) is 0 Å².